The first-order valence-electron chi connectivity index (χ1n) is 12.3. The highest BCUT2D eigenvalue weighted by Crippen LogP contribution is 2.47. The summed E-state index contributed by atoms with van der Waals surface area (Å²) in [4.78, 5) is 24.8. The Labute approximate surface area is 218 Å². The third-order valence-corrected chi connectivity index (χ3v) is 9.07. The van der Waals surface area contributed by atoms with Gasteiger partial charge in [0.2, 0.25) is 0 Å². The summed E-state index contributed by atoms with van der Waals surface area (Å²) in [7, 11) is -3.96. The van der Waals surface area contributed by atoms with E-state index in [1.54, 1.807) is 18.2 Å². The maximum Gasteiger partial charge on any atom is 0.303 e. The molecular formula is C30H32O6S. The molecule has 1 aromatic rings. The van der Waals surface area contributed by atoms with Crippen LogP contribution in [0.15, 0.2) is 104 Å². The molecule has 0 radical (unpaired) electrons. The van der Waals surface area contributed by atoms with Gasteiger partial charge in [-0.1, -0.05) is 48.1 Å². The number of benzene rings is 1. The lowest BCUT2D eigenvalue weighted by Crippen LogP contribution is -2.51. The monoisotopic (exact) mass is 520 g/mol. The molecule has 0 amide bonds. The van der Waals surface area contributed by atoms with Gasteiger partial charge in [-0.3, -0.25) is 9.59 Å². The predicted molar refractivity (Wildman–Crippen MR) is 142 cm³/mol. The van der Waals surface area contributed by atoms with Gasteiger partial charge in [0.1, 0.15) is 5.25 Å². The summed E-state index contributed by atoms with van der Waals surface area (Å²) in [6.45, 7) is 10.6. The van der Waals surface area contributed by atoms with E-state index in [0.717, 1.165) is 39.0 Å². The molecule has 3 aliphatic carbocycles. The van der Waals surface area contributed by atoms with Gasteiger partial charge in [0.25, 0.3) is 0 Å². The van der Waals surface area contributed by atoms with E-state index in [9.17, 15) is 18.0 Å². The topological polar surface area (TPSA) is 86.7 Å². The van der Waals surface area contributed by atoms with Gasteiger partial charge in [0, 0.05) is 19.4 Å². The lowest BCUT2D eigenvalue weighted by Gasteiger charge is -2.40. The number of ether oxygens (including phenoxy) is 2. The zero-order chi connectivity index (χ0) is 27.1. The molecule has 37 heavy (non-hydrogen) atoms. The lowest BCUT2D eigenvalue weighted by atomic mass is 9.78. The van der Waals surface area contributed by atoms with Crippen molar-refractivity contribution in [1.29, 1.82) is 0 Å². The zero-order valence-electron chi connectivity index (χ0n) is 22.0. The van der Waals surface area contributed by atoms with Crippen LogP contribution in [0.3, 0.4) is 0 Å². The van der Waals surface area contributed by atoms with E-state index >= 15 is 0 Å². The van der Waals surface area contributed by atoms with E-state index in [1.807, 2.05) is 39.8 Å². The second-order valence-electron chi connectivity index (χ2n) is 9.81. The first-order valence-corrected chi connectivity index (χ1v) is 13.8. The molecule has 0 heterocycles. The van der Waals surface area contributed by atoms with Crippen LogP contribution in [0.4, 0.5) is 0 Å². The number of hydrogen-bond acceptors (Lipinski definition) is 6. The standard InChI is InChI=1S/C30H32O6S/c1-17-14-19(3)26-18(2)12-13-23-16-25(37(33,34)24-10-8-7-9-11-24)29(35-21(5)31)30(36-22(6)32)28(23)27(26)20(4)15-17/h7-15,25,29-30H,16H2,1-6H3. The molecule has 0 spiro atoms. The normalized spacial score (nSPS) is 23.9. The van der Waals surface area contributed by atoms with E-state index in [4.69, 9.17) is 9.47 Å². The van der Waals surface area contributed by atoms with Gasteiger partial charge in [-0.15, -0.1) is 0 Å². The minimum absolute atomic E-state index is 0.0988. The smallest absolute Gasteiger partial charge is 0.303 e. The average molecular weight is 521 g/mol. The second kappa shape index (κ2) is 10.1. The molecule has 194 valence electrons. The molecule has 1 aromatic carbocycles. The van der Waals surface area contributed by atoms with Gasteiger partial charge in [-0.25, -0.2) is 8.42 Å². The summed E-state index contributed by atoms with van der Waals surface area (Å²) in [5.74, 6) is -1.23. The van der Waals surface area contributed by atoms with Gasteiger partial charge in [0.05, 0.1) is 4.90 Å². The van der Waals surface area contributed by atoms with E-state index in [2.05, 4.69) is 12.2 Å². The van der Waals surface area contributed by atoms with E-state index in [0.29, 0.717) is 5.57 Å². The highest BCUT2D eigenvalue weighted by atomic mass is 32.2. The first kappa shape index (κ1) is 26.6. The van der Waals surface area contributed by atoms with E-state index in [1.165, 1.54) is 26.0 Å². The number of rotatable bonds is 4. The molecule has 0 aromatic heterocycles. The summed E-state index contributed by atoms with van der Waals surface area (Å²) in [6.07, 6.45) is 5.82. The summed E-state index contributed by atoms with van der Waals surface area (Å²) in [5.41, 5.74) is 7.37. The third kappa shape index (κ3) is 5.05. The zero-order valence-corrected chi connectivity index (χ0v) is 22.8. The molecule has 4 rings (SSSR count). The molecule has 0 bridgehead atoms. The quantitative estimate of drug-likeness (QED) is 0.487. The number of fused-ring (bicyclic) bond motifs is 2. The van der Waals surface area contributed by atoms with Crippen molar-refractivity contribution in [3.8, 4) is 0 Å². The molecule has 1 saturated carbocycles. The third-order valence-electron chi connectivity index (χ3n) is 6.91. The van der Waals surface area contributed by atoms with Crippen LogP contribution in [0.5, 0.6) is 0 Å². The van der Waals surface area contributed by atoms with Crippen LogP contribution >= 0.6 is 0 Å². The summed E-state index contributed by atoms with van der Waals surface area (Å²) >= 11 is 0. The number of carbonyl (C=O) groups is 2. The Balaban J connectivity index is 2.04. The molecule has 0 saturated heterocycles. The Morgan fingerprint density at radius 2 is 1.49 bits per heavy atom. The van der Waals surface area contributed by atoms with Crippen molar-refractivity contribution in [1.82, 2.24) is 0 Å². The maximum atomic E-state index is 13.9. The number of hydrogen-bond donors (Lipinski definition) is 0. The molecule has 6 nitrogen and oxygen atoms in total. The summed E-state index contributed by atoms with van der Waals surface area (Å²) in [6, 6.07) is 8.09. The van der Waals surface area contributed by atoms with Crippen LogP contribution in [0.2, 0.25) is 0 Å². The lowest BCUT2D eigenvalue weighted by molar-refractivity contribution is -0.163. The minimum Gasteiger partial charge on any atom is -0.457 e. The molecular weight excluding hydrogens is 488 g/mol. The van der Waals surface area contributed by atoms with E-state index in [-0.39, 0.29) is 11.3 Å². The Morgan fingerprint density at radius 3 is 2.11 bits per heavy atom. The van der Waals surface area contributed by atoms with Crippen LogP contribution in [-0.4, -0.2) is 37.8 Å². The fraction of sp³-hybridized carbons (Fsp3) is 0.333. The van der Waals surface area contributed by atoms with Crippen LogP contribution < -0.4 is 0 Å². The van der Waals surface area contributed by atoms with Gasteiger partial charge in [0.15, 0.2) is 22.0 Å². The first-order chi connectivity index (χ1) is 17.4. The molecule has 7 heteroatoms. The molecule has 1 fully saturated rings. The number of esters is 2. The van der Waals surface area contributed by atoms with E-state index < -0.39 is 39.2 Å². The van der Waals surface area contributed by atoms with Crippen molar-refractivity contribution < 1.29 is 27.5 Å². The Morgan fingerprint density at radius 1 is 0.838 bits per heavy atom. The molecule has 0 N–H and O–H groups in total. The van der Waals surface area contributed by atoms with Crippen molar-refractivity contribution in [3.05, 3.63) is 99.2 Å². The van der Waals surface area contributed by atoms with Crippen molar-refractivity contribution in [3.63, 3.8) is 0 Å². The van der Waals surface area contributed by atoms with Crippen molar-refractivity contribution in [2.45, 2.75) is 70.3 Å². The van der Waals surface area contributed by atoms with Gasteiger partial charge < -0.3 is 9.47 Å². The van der Waals surface area contributed by atoms with Crippen LogP contribution in [0.25, 0.3) is 0 Å². The van der Waals surface area contributed by atoms with Crippen molar-refractivity contribution in [2.75, 3.05) is 0 Å². The summed E-state index contributed by atoms with van der Waals surface area (Å²) in [5, 5.41) is -1.14. The predicted octanol–water partition coefficient (Wildman–Crippen LogP) is 5.50. The van der Waals surface area contributed by atoms with Crippen molar-refractivity contribution >= 4 is 21.8 Å². The van der Waals surface area contributed by atoms with Gasteiger partial charge in [-0.05, 0) is 79.7 Å². The van der Waals surface area contributed by atoms with Gasteiger partial charge >= 0.3 is 11.9 Å². The van der Waals surface area contributed by atoms with Crippen LogP contribution in [-0.2, 0) is 28.9 Å². The molecule has 0 aliphatic heterocycles. The molecule has 3 aliphatic rings. The average Bonchev–Trinajstić information content (AvgIpc) is 3.03. The molecule has 3 unspecified atom stereocenters. The Hall–Kier alpha value is -3.45. The van der Waals surface area contributed by atoms with Crippen LogP contribution in [0.1, 0.15) is 48.0 Å². The second-order valence-corrected chi connectivity index (χ2v) is 12.0. The summed E-state index contributed by atoms with van der Waals surface area (Å²) < 4.78 is 39.4. The Bertz CT molecular complexity index is 1450. The highest BCUT2D eigenvalue weighted by Gasteiger charge is 2.50. The maximum absolute atomic E-state index is 13.9. The fourth-order valence-corrected chi connectivity index (χ4v) is 7.41. The highest BCUT2D eigenvalue weighted by molar-refractivity contribution is 7.92. The SMILES string of the molecule is CC(=O)OC1C2=C3C(C)=CC(C)=CC(C)=C3C(C)=CC=C2CC(S(=O)(=O)c2ccccc2)C1OC(C)=O. The largest absolute Gasteiger partial charge is 0.457 e. The fourth-order valence-electron chi connectivity index (χ4n) is 5.58. The number of sulfone groups is 1. The van der Waals surface area contributed by atoms with Gasteiger partial charge in [-0.2, -0.15) is 0 Å². The molecule has 3 atom stereocenters. The minimum atomic E-state index is -3.96. The van der Waals surface area contributed by atoms with Crippen molar-refractivity contribution in [2.24, 2.45) is 0 Å². The number of allylic oxidation sites excluding steroid dienone is 10. The Kier molecular flexibility index (Phi) is 7.29. The van der Waals surface area contributed by atoms with Crippen LogP contribution in [0, 0.1) is 0 Å². The number of carbonyl (C=O) groups excluding carboxylic acids is 2.